The Labute approximate surface area is 136 Å². The van der Waals surface area contributed by atoms with E-state index in [2.05, 4.69) is 17.4 Å². The Morgan fingerprint density at radius 3 is 2.83 bits per heavy atom. The molecule has 2 unspecified atom stereocenters. The van der Waals surface area contributed by atoms with E-state index in [1.54, 1.807) is 6.08 Å². The number of fused-ring (bicyclic) bond motifs is 1. The number of oxime groups is 1. The lowest BCUT2D eigenvalue weighted by Crippen LogP contribution is -2.45. The van der Waals surface area contributed by atoms with Gasteiger partial charge in [0.15, 0.2) is 0 Å². The molecule has 1 saturated heterocycles. The van der Waals surface area contributed by atoms with E-state index < -0.39 is 24.0 Å². The van der Waals surface area contributed by atoms with Gasteiger partial charge in [-0.1, -0.05) is 44.2 Å². The molecule has 2 atom stereocenters. The minimum atomic E-state index is -0.762. The topological polar surface area (TPSA) is 86.2 Å². The third-order valence-corrected chi connectivity index (χ3v) is 3.95. The van der Waals surface area contributed by atoms with Crippen LogP contribution in [0.4, 0.5) is 4.79 Å². The highest BCUT2D eigenvalue weighted by molar-refractivity contribution is 6.03. The van der Waals surface area contributed by atoms with Gasteiger partial charge in [-0.15, -0.1) is 0 Å². The number of hydrogen-bond donors (Lipinski definition) is 1. The molecule has 0 bridgehead atoms. The van der Waals surface area contributed by atoms with Gasteiger partial charge in [-0.05, 0) is 19.4 Å². The van der Waals surface area contributed by atoms with Crippen LogP contribution in [0, 0.1) is 0 Å². The molecule has 0 aliphatic carbocycles. The van der Waals surface area contributed by atoms with Crippen molar-refractivity contribution in [1.29, 1.82) is 0 Å². The quantitative estimate of drug-likeness (QED) is 0.442. The molecular formula is C16H24N2O5. The number of alkyl carbamates (subject to hydrolysis) is 1. The summed E-state index contributed by atoms with van der Waals surface area (Å²) in [5.74, 6) is -0.505. The Hall–Kier alpha value is -1.89. The highest BCUT2D eigenvalue weighted by atomic mass is 16.7. The summed E-state index contributed by atoms with van der Waals surface area (Å²) in [6.45, 7) is 5.32. The third-order valence-electron chi connectivity index (χ3n) is 3.95. The van der Waals surface area contributed by atoms with Gasteiger partial charge in [0.05, 0.1) is 5.70 Å². The maximum atomic E-state index is 11.3. The molecule has 2 rings (SSSR count). The summed E-state index contributed by atoms with van der Waals surface area (Å²) in [4.78, 5) is 27.1. The van der Waals surface area contributed by atoms with Crippen molar-refractivity contribution < 1.29 is 23.9 Å². The van der Waals surface area contributed by atoms with Crippen LogP contribution in [0.2, 0.25) is 0 Å². The molecule has 0 aromatic carbocycles. The predicted octanol–water partition coefficient (Wildman–Crippen LogP) is 3.00. The highest BCUT2D eigenvalue weighted by Gasteiger charge is 2.44. The van der Waals surface area contributed by atoms with E-state index in [4.69, 9.17) is 14.3 Å². The summed E-state index contributed by atoms with van der Waals surface area (Å²) in [5, 5.41) is 6.44. The second-order valence-corrected chi connectivity index (χ2v) is 6.03. The molecule has 23 heavy (non-hydrogen) atoms. The molecular weight excluding hydrogens is 300 g/mol. The Morgan fingerprint density at radius 1 is 1.39 bits per heavy atom. The van der Waals surface area contributed by atoms with Gasteiger partial charge in [0.25, 0.3) is 0 Å². The van der Waals surface area contributed by atoms with Crippen LogP contribution in [0.3, 0.4) is 0 Å². The van der Waals surface area contributed by atoms with Gasteiger partial charge in [0, 0.05) is 6.92 Å². The molecule has 1 amide bonds. The summed E-state index contributed by atoms with van der Waals surface area (Å²) in [6.07, 6.45) is 6.66. The van der Waals surface area contributed by atoms with Gasteiger partial charge in [0.2, 0.25) is 6.29 Å². The monoisotopic (exact) mass is 324 g/mol. The normalized spacial score (nSPS) is 28.0. The summed E-state index contributed by atoms with van der Waals surface area (Å²) in [7, 11) is 0. The maximum absolute atomic E-state index is 11.3. The van der Waals surface area contributed by atoms with E-state index in [0.29, 0.717) is 17.8 Å². The van der Waals surface area contributed by atoms with E-state index in [9.17, 15) is 9.59 Å². The Balaban J connectivity index is 2.09. The molecule has 0 saturated carbocycles. The number of nitrogens with one attached hydrogen (secondary N) is 1. The average Bonchev–Trinajstić information content (AvgIpc) is 2.83. The third kappa shape index (κ3) is 4.54. The van der Waals surface area contributed by atoms with Gasteiger partial charge < -0.3 is 14.3 Å². The van der Waals surface area contributed by atoms with Crippen molar-refractivity contribution in [2.24, 2.45) is 5.16 Å². The Kier molecular flexibility index (Phi) is 5.76. The molecule has 7 nitrogen and oxygen atoms in total. The lowest BCUT2D eigenvalue weighted by atomic mass is 9.90. The van der Waals surface area contributed by atoms with Crippen molar-refractivity contribution in [3.63, 3.8) is 0 Å². The SMILES string of the molecule is CCCCCCCC1(C)OC2OC(=O)NC2=CC1=NOC(C)=O. The number of carbonyl (C=O) groups is 2. The number of hydrogen-bond acceptors (Lipinski definition) is 6. The molecule has 7 heteroatoms. The minimum absolute atomic E-state index is 0.472. The average molecular weight is 324 g/mol. The van der Waals surface area contributed by atoms with Crippen LogP contribution in [0.5, 0.6) is 0 Å². The van der Waals surface area contributed by atoms with Crippen LogP contribution < -0.4 is 5.32 Å². The van der Waals surface area contributed by atoms with Gasteiger partial charge in [-0.25, -0.2) is 9.59 Å². The molecule has 2 aliphatic rings. The summed E-state index contributed by atoms with van der Waals surface area (Å²) < 4.78 is 11.0. The fourth-order valence-electron chi connectivity index (χ4n) is 2.64. The van der Waals surface area contributed by atoms with Crippen molar-refractivity contribution in [3.05, 3.63) is 11.8 Å². The second-order valence-electron chi connectivity index (χ2n) is 6.03. The fourth-order valence-corrected chi connectivity index (χ4v) is 2.64. The van der Waals surface area contributed by atoms with E-state index in [0.717, 1.165) is 12.8 Å². The first-order chi connectivity index (χ1) is 10.9. The summed E-state index contributed by atoms with van der Waals surface area (Å²) >= 11 is 0. The van der Waals surface area contributed by atoms with Gasteiger partial charge in [-0.3, -0.25) is 5.32 Å². The van der Waals surface area contributed by atoms with E-state index in [1.165, 1.54) is 26.2 Å². The zero-order valence-corrected chi connectivity index (χ0v) is 13.9. The van der Waals surface area contributed by atoms with Crippen molar-refractivity contribution in [2.45, 2.75) is 71.2 Å². The second kappa shape index (κ2) is 7.59. The van der Waals surface area contributed by atoms with Crippen molar-refractivity contribution in [1.82, 2.24) is 5.32 Å². The number of amides is 1. The van der Waals surface area contributed by atoms with Gasteiger partial charge in [-0.2, -0.15) is 0 Å². The minimum Gasteiger partial charge on any atom is -0.413 e. The smallest absolute Gasteiger partial charge is 0.413 e. The molecule has 2 aliphatic heterocycles. The molecule has 128 valence electrons. The number of ether oxygens (including phenoxy) is 2. The molecule has 1 N–H and O–H groups in total. The first kappa shape index (κ1) is 17.5. The zero-order valence-electron chi connectivity index (χ0n) is 13.9. The van der Waals surface area contributed by atoms with Crippen LogP contribution >= 0.6 is 0 Å². The molecule has 0 aromatic heterocycles. The van der Waals surface area contributed by atoms with E-state index in [-0.39, 0.29) is 0 Å². The first-order valence-corrected chi connectivity index (χ1v) is 8.07. The van der Waals surface area contributed by atoms with Gasteiger partial charge in [0.1, 0.15) is 11.3 Å². The van der Waals surface area contributed by atoms with Crippen LogP contribution in [-0.4, -0.2) is 29.7 Å². The largest absolute Gasteiger partial charge is 0.414 e. The first-order valence-electron chi connectivity index (χ1n) is 8.07. The highest BCUT2D eigenvalue weighted by Crippen LogP contribution is 2.33. The molecule has 1 fully saturated rings. The number of nitrogens with zero attached hydrogens (tertiary/aromatic N) is 1. The molecule has 0 radical (unpaired) electrons. The summed E-state index contributed by atoms with van der Waals surface area (Å²) in [6, 6.07) is 0. The van der Waals surface area contributed by atoms with Crippen LogP contribution in [0.1, 0.15) is 59.3 Å². The number of carbonyl (C=O) groups excluding carboxylic acids is 2. The van der Waals surface area contributed by atoms with Crippen molar-refractivity contribution >= 4 is 17.8 Å². The van der Waals surface area contributed by atoms with Crippen molar-refractivity contribution in [3.8, 4) is 0 Å². The van der Waals surface area contributed by atoms with Gasteiger partial charge >= 0.3 is 12.1 Å². The predicted molar refractivity (Wildman–Crippen MR) is 83.6 cm³/mol. The van der Waals surface area contributed by atoms with E-state index >= 15 is 0 Å². The molecule has 0 spiro atoms. The molecule has 0 aromatic rings. The lowest BCUT2D eigenvalue weighted by molar-refractivity contribution is -0.142. The number of unbranched alkanes of at least 4 members (excludes halogenated alkanes) is 4. The number of rotatable bonds is 7. The van der Waals surface area contributed by atoms with Crippen LogP contribution in [0.25, 0.3) is 0 Å². The van der Waals surface area contributed by atoms with Crippen LogP contribution in [-0.2, 0) is 19.1 Å². The Morgan fingerprint density at radius 2 is 2.13 bits per heavy atom. The van der Waals surface area contributed by atoms with Crippen molar-refractivity contribution in [2.75, 3.05) is 0 Å². The van der Waals surface area contributed by atoms with E-state index in [1.807, 2.05) is 6.92 Å². The molecule has 2 heterocycles. The van der Waals surface area contributed by atoms with Crippen LogP contribution in [0.15, 0.2) is 16.9 Å². The standard InChI is InChI=1S/C16H24N2O5/c1-4-5-6-7-8-9-16(3)13(18-23-11(2)19)10-12-14(22-16)21-15(20)17-12/h10,14H,4-9H2,1-3H3,(H,17,20). The summed E-state index contributed by atoms with van der Waals surface area (Å²) in [5.41, 5.74) is 0.187. The fraction of sp³-hybridized carbons (Fsp3) is 0.688. The lowest BCUT2D eigenvalue weighted by Gasteiger charge is -2.35. The Bertz CT molecular complexity index is 529. The maximum Gasteiger partial charge on any atom is 0.414 e. The zero-order chi connectivity index (χ0) is 16.9.